The third-order valence-electron chi connectivity index (χ3n) is 2.30. The maximum atomic E-state index is 12.4. The van der Waals surface area contributed by atoms with Crippen molar-refractivity contribution in [3.63, 3.8) is 0 Å². The van der Waals surface area contributed by atoms with E-state index in [-0.39, 0.29) is 5.56 Å². The number of halogens is 2. The first-order chi connectivity index (χ1) is 7.75. The fourth-order valence-corrected chi connectivity index (χ4v) is 1.46. The van der Waals surface area contributed by atoms with E-state index in [2.05, 4.69) is 10.3 Å². The number of nitrogens with one attached hydrogen (secondary N) is 2. The summed E-state index contributed by atoms with van der Waals surface area (Å²) in [4.78, 5) is 2.94. The fraction of sp³-hybridized carbons (Fsp3) is 0.167. The van der Waals surface area contributed by atoms with Gasteiger partial charge in [-0.1, -0.05) is 12.1 Å². The largest absolute Gasteiger partial charge is 0.381 e. The predicted octanol–water partition coefficient (Wildman–Crippen LogP) is 3.56. The van der Waals surface area contributed by atoms with Crippen molar-refractivity contribution in [3.05, 3.63) is 53.9 Å². The van der Waals surface area contributed by atoms with Gasteiger partial charge in [-0.25, -0.2) is 8.78 Å². The molecule has 0 bridgehead atoms. The topological polar surface area (TPSA) is 27.8 Å². The molecule has 0 aliphatic rings. The molecule has 0 radical (unpaired) electrons. The smallest absolute Gasteiger partial charge is 0.263 e. The Hall–Kier alpha value is -1.84. The van der Waals surface area contributed by atoms with Gasteiger partial charge in [0, 0.05) is 30.2 Å². The van der Waals surface area contributed by atoms with Crippen molar-refractivity contribution in [2.75, 3.05) is 5.32 Å². The van der Waals surface area contributed by atoms with Gasteiger partial charge in [0.25, 0.3) is 6.43 Å². The molecule has 0 unspecified atom stereocenters. The Morgan fingerprint density at radius 3 is 2.81 bits per heavy atom. The Balaban J connectivity index is 2.01. The predicted molar refractivity (Wildman–Crippen MR) is 59.5 cm³/mol. The van der Waals surface area contributed by atoms with Crippen LogP contribution in [0, 0.1) is 0 Å². The van der Waals surface area contributed by atoms with Crippen LogP contribution in [0.5, 0.6) is 0 Å². The van der Waals surface area contributed by atoms with Gasteiger partial charge in [0.05, 0.1) is 0 Å². The van der Waals surface area contributed by atoms with Crippen LogP contribution < -0.4 is 5.32 Å². The summed E-state index contributed by atoms with van der Waals surface area (Å²) in [5.74, 6) is 0. The van der Waals surface area contributed by atoms with E-state index in [0.717, 1.165) is 5.56 Å². The van der Waals surface area contributed by atoms with Crippen molar-refractivity contribution < 1.29 is 8.78 Å². The lowest BCUT2D eigenvalue weighted by Crippen LogP contribution is -1.98. The van der Waals surface area contributed by atoms with Crippen LogP contribution in [0.2, 0.25) is 0 Å². The van der Waals surface area contributed by atoms with E-state index >= 15 is 0 Å². The summed E-state index contributed by atoms with van der Waals surface area (Å²) < 4.78 is 24.9. The first kappa shape index (κ1) is 10.7. The van der Waals surface area contributed by atoms with Gasteiger partial charge in [-0.15, -0.1) is 0 Å². The van der Waals surface area contributed by atoms with Crippen molar-refractivity contribution in [1.29, 1.82) is 0 Å². The summed E-state index contributed by atoms with van der Waals surface area (Å²) in [6.07, 6.45) is 1.27. The van der Waals surface area contributed by atoms with E-state index in [1.54, 1.807) is 12.1 Å². The number of benzene rings is 1. The van der Waals surface area contributed by atoms with Gasteiger partial charge in [0.2, 0.25) is 0 Å². The van der Waals surface area contributed by atoms with E-state index in [9.17, 15) is 8.78 Å². The van der Waals surface area contributed by atoms with Gasteiger partial charge in [0.1, 0.15) is 0 Å². The molecule has 0 aliphatic carbocycles. The van der Waals surface area contributed by atoms with E-state index in [1.807, 2.05) is 18.5 Å². The number of hydrogen-bond acceptors (Lipinski definition) is 1. The van der Waals surface area contributed by atoms with Crippen molar-refractivity contribution in [2.45, 2.75) is 13.0 Å². The molecule has 16 heavy (non-hydrogen) atoms. The normalized spacial score (nSPS) is 10.7. The molecule has 0 aliphatic heterocycles. The van der Waals surface area contributed by atoms with E-state index in [4.69, 9.17) is 0 Å². The molecule has 1 heterocycles. The van der Waals surface area contributed by atoms with Gasteiger partial charge in [-0.2, -0.15) is 0 Å². The minimum absolute atomic E-state index is 0.0408. The van der Waals surface area contributed by atoms with Crippen LogP contribution in [0.4, 0.5) is 14.5 Å². The molecule has 0 spiro atoms. The Kier molecular flexibility index (Phi) is 3.19. The zero-order chi connectivity index (χ0) is 11.4. The molecule has 2 N–H and O–H groups in total. The van der Waals surface area contributed by atoms with Crippen molar-refractivity contribution in [2.24, 2.45) is 0 Å². The zero-order valence-electron chi connectivity index (χ0n) is 8.58. The van der Waals surface area contributed by atoms with Crippen LogP contribution in [0.15, 0.2) is 42.7 Å². The number of alkyl halides is 2. The average Bonchev–Trinajstić information content (AvgIpc) is 2.79. The molecule has 84 valence electrons. The van der Waals surface area contributed by atoms with E-state index in [1.165, 1.54) is 12.1 Å². The maximum Gasteiger partial charge on any atom is 0.263 e. The van der Waals surface area contributed by atoms with E-state index < -0.39 is 6.43 Å². The number of anilines is 1. The molecule has 0 saturated carbocycles. The highest BCUT2D eigenvalue weighted by Gasteiger charge is 2.06. The second-order valence-corrected chi connectivity index (χ2v) is 3.50. The Morgan fingerprint density at radius 2 is 2.12 bits per heavy atom. The Bertz CT molecular complexity index is 438. The summed E-state index contributed by atoms with van der Waals surface area (Å²) in [6.45, 7) is 0.621. The molecule has 0 atom stereocenters. The summed E-state index contributed by atoms with van der Waals surface area (Å²) in [5, 5.41) is 3.09. The molecule has 0 saturated heterocycles. The number of aromatic nitrogens is 1. The third-order valence-corrected chi connectivity index (χ3v) is 2.30. The minimum Gasteiger partial charge on any atom is -0.381 e. The quantitative estimate of drug-likeness (QED) is 0.813. The first-order valence-corrected chi connectivity index (χ1v) is 4.99. The van der Waals surface area contributed by atoms with Gasteiger partial charge in [-0.05, 0) is 23.8 Å². The van der Waals surface area contributed by atoms with Crippen LogP contribution in [0.1, 0.15) is 17.6 Å². The van der Waals surface area contributed by atoms with Crippen LogP contribution >= 0.6 is 0 Å². The van der Waals surface area contributed by atoms with Crippen molar-refractivity contribution in [3.8, 4) is 0 Å². The second-order valence-electron chi connectivity index (χ2n) is 3.50. The lowest BCUT2D eigenvalue weighted by Gasteiger charge is -2.07. The van der Waals surface area contributed by atoms with Crippen LogP contribution in [-0.4, -0.2) is 4.98 Å². The van der Waals surface area contributed by atoms with Crippen molar-refractivity contribution in [1.82, 2.24) is 4.98 Å². The number of aromatic amines is 1. The fourth-order valence-electron chi connectivity index (χ4n) is 1.46. The van der Waals surface area contributed by atoms with Gasteiger partial charge >= 0.3 is 0 Å². The highest BCUT2D eigenvalue weighted by atomic mass is 19.3. The van der Waals surface area contributed by atoms with E-state index in [0.29, 0.717) is 12.2 Å². The van der Waals surface area contributed by atoms with Crippen molar-refractivity contribution >= 4 is 5.69 Å². The molecule has 1 aromatic carbocycles. The lowest BCUT2D eigenvalue weighted by atomic mass is 10.2. The zero-order valence-corrected chi connectivity index (χ0v) is 8.58. The molecule has 1 aromatic heterocycles. The van der Waals surface area contributed by atoms with Gasteiger partial charge < -0.3 is 10.3 Å². The average molecular weight is 222 g/mol. The summed E-state index contributed by atoms with van der Waals surface area (Å²) >= 11 is 0. The molecule has 2 rings (SSSR count). The molecular formula is C12H12F2N2. The highest BCUT2D eigenvalue weighted by molar-refractivity contribution is 5.46. The molecule has 4 heteroatoms. The van der Waals surface area contributed by atoms with Crippen LogP contribution in [0.3, 0.4) is 0 Å². The van der Waals surface area contributed by atoms with Crippen LogP contribution in [0.25, 0.3) is 0 Å². The molecular weight excluding hydrogens is 210 g/mol. The molecule has 0 fully saturated rings. The Morgan fingerprint density at radius 1 is 1.25 bits per heavy atom. The molecule has 0 amide bonds. The van der Waals surface area contributed by atoms with Gasteiger partial charge in [-0.3, -0.25) is 0 Å². The third kappa shape index (κ3) is 2.59. The standard InChI is InChI=1S/C12H12F2N2/c13-12(14)10-2-1-3-11(6-10)16-8-9-4-5-15-7-9/h1-7,12,15-16H,8H2. The summed E-state index contributed by atoms with van der Waals surface area (Å²) in [5.41, 5.74) is 1.83. The SMILES string of the molecule is FC(F)c1cccc(NCc2cc[nH]c2)c1. The first-order valence-electron chi connectivity index (χ1n) is 4.99. The monoisotopic (exact) mass is 222 g/mol. The number of rotatable bonds is 4. The second kappa shape index (κ2) is 4.79. The minimum atomic E-state index is -2.42. The van der Waals surface area contributed by atoms with Crippen LogP contribution in [-0.2, 0) is 6.54 Å². The van der Waals surface area contributed by atoms with Gasteiger partial charge in [0.15, 0.2) is 0 Å². The highest BCUT2D eigenvalue weighted by Crippen LogP contribution is 2.21. The molecule has 2 nitrogen and oxygen atoms in total. The summed E-state index contributed by atoms with van der Waals surface area (Å²) in [6, 6.07) is 8.23. The summed E-state index contributed by atoms with van der Waals surface area (Å²) in [7, 11) is 0. The Labute approximate surface area is 92.3 Å². The lowest BCUT2D eigenvalue weighted by molar-refractivity contribution is 0.151. The molecule has 2 aromatic rings. The number of H-pyrrole nitrogens is 1. The number of hydrogen-bond donors (Lipinski definition) is 2. The maximum absolute atomic E-state index is 12.4.